The lowest BCUT2D eigenvalue weighted by atomic mass is 10.0. The molecule has 2 atom stereocenters. The smallest absolute Gasteiger partial charge is 0.143 e. The van der Waals surface area contributed by atoms with Crippen LogP contribution >= 0.6 is 34.8 Å². The van der Waals surface area contributed by atoms with Crippen LogP contribution in [-0.2, 0) is 11.4 Å². The Morgan fingerprint density at radius 2 is 1.73 bits per heavy atom. The minimum atomic E-state index is -0.351. The molecule has 1 fully saturated rings. The average molecular weight is 467 g/mol. The third-order valence-corrected chi connectivity index (χ3v) is 5.97. The lowest BCUT2D eigenvalue weighted by molar-refractivity contribution is 0.130. The van der Waals surface area contributed by atoms with Gasteiger partial charge in [-0.3, -0.25) is 0 Å². The normalized spacial score (nSPS) is 18.4. The van der Waals surface area contributed by atoms with Crippen molar-refractivity contribution >= 4 is 40.5 Å². The van der Waals surface area contributed by atoms with Gasteiger partial charge in [0.15, 0.2) is 0 Å². The van der Waals surface area contributed by atoms with Crippen LogP contribution in [0.2, 0.25) is 15.1 Å². The van der Waals surface area contributed by atoms with Crippen molar-refractivity contribution in [2.24, 2.45) is 11.1 Å². The van der Waals surface area contributed by atoms with Crippen molar-refractivity contribution in [2.75, 3.05) is 0 Å². The molecule has 0 unspecified atom stereocenters. The molecule has 0 bridgehead atoms. The Labute approximate surface area is 188 Å². The van der Waals surface area contributed by atoms with Gasteiger partial charge in [0.2, 0.25) is 0 Å². The Kier molecular flexibility index (Phi) is 6.28. The van der Waals surface area contributed by atoms with Gasteiger partial charge in [-0.05, 0) is 54.3 Å². The molecule has 0 aromatic heterocycles. The molecule has 1 aliphatic rings. The highest BCUT2D eigenvalue weighted by Gasteiger charge is 2.45. The summed E-state index contributed by atoms with van der Waals surface area (Å²) in [7, 11) is 0. The zero-order valence-electron chi connectivity index (χ0n) is 15.6. The van der Waals surface area contributed by atoms with Crippen molar-refractivity contribution in [3.8, 4) is 0 Å². The van der Waals surface area contributed by atoms with Gasteiger partial charge >= 0.3 is 0 Å². The quantitative estimate of drug-likeness (QED) is 0.270. The highest BCUT2D eigenvalue weighted by molar-refractivity contribution is 6.35. The molecule has 0 N–H and O–H groups in total. The highest BCUT2D eigenvalue weighted by Crippen LogP contribution is 2.52. The van der Waals surface area contributed by atoms with E-state index in [4.69, 9.17) is 39.6 Å². The Bertz CT molecular complexity index is 1080. The molecule has 4 rings (SSSR count). The molecular weight excluding hydrogens is 451 g/mol. The number of hydrogen-bond acceptors (Lipinski definition) is 2. The van der Waals surface area contributed by atoms with Gasteiger partial charge in [0, 0.05) is 32.1 Å². The van der Waals surface area contributed by atoms with E-state index in [1.165, 1.54) is 18.2 Å². The monoisotopic (exact) mass is 465 g/mol. The first kappa shape index (κ1) is 21.1. The summed E-state index contributed by atoms with van der Waals surface area (Å²) >= 11 is 18.3. The fourth-order valence-electron chi connectivity index (χ4n) is 3.45. The van der Waals surface area contributed by atoms with Crippen LogP contribution in [0.15, 0.2) is 65.8 Å². The van der Waals surface area contributed by atoms with Crippen molar-refractivity contribution in [1.29, 1.82) is 0 Å². The largest absolute Gasteiger partial charge is 0.391 e. The van der Waals surface area contributed by atoms with Crippen molar-refractivity contribution in [3.05, 3.63) is 104 Å². The van der Waals surface area contributed by atoms with Gasteiger partial charge in [-0.25, -0.2) is 8.78 Å². The predicted octanol–water partition coefficient (Wildman–Crippen LogP) is 7.65. The van der Waals surface area contributed by atoms with Gasteiger partial charge in [0.25, 0.3) is 0 Å². The molecule has 3 aromatic rings. The topological polar surface area (TPSA) is 21.6 Å². The Balaban J connectivity index is 1.59. The lowest BCUT2D eigenvalue weighted by Gasteiger charge is -2.10. The zero-order chi connectivity index (χ0) is 21.3. The molecule has 0 aliphatic heterocycles. The molecule has 154 valence electrons. The number of oxime groups is 1. The van der Waals surface area contributed by atoms with Crippen molar-refractivity contribution in [2.45, 2.75) is 18.9 Å². The van der Waals surface area contributed by atoms with Crippen molar-refractivity contribution < 1.29 is 13.6 Å². The molecule has 0 heterocycles. The second-order valence-corrected chi connectivity index (χ2v) is 8.33. The molecule has 7 heteroatoms. The number of rotatable bonds is 6. The Morgan fingerprint density at radius 3 is 2.43 bits per heavy atom. The molecule has 30 heavy (non-hydrogen) atoms. The van der Waals surface area contributed by atoms with E-state index in [1.54, 1.807) is 42.5 Å². The number of halogens is 5. The van der Waals surface area contributed by atoms with Crippen LogP contribution < -0.4 is 0 Å². The summed E-state index contributed by atoms with van der Waals surface area (Å²) in [6.45, 7) is 0.137. The van der Waals surface area contributed by atoms with Gasteiger partial charge in [-0.15, -0.1) is 0 Å². The molecular formula is C23H16Cl3F2NO. The van der Waals surface area contributed by atoms with Gasteiger partial charge in [0.05, 0.1) is 5.71 Å². The van der Waals surface area contributed by atoms with E-state index in [1.807, 2.05) is 0 Å². The molecule has 0 amide bonds. The highest BCUT2D eigenvalue weighted by atomic mass is 35.5. The fraction of sp³-hybridized carbons (Fsp3) is 0.174. The number of benzene rings is 3. The fourth-order valence-corrected chi connectivity index (χ4v) is 4.21. The van der Waals surface area contributed by atoms with Crippen LogP contribution in [-0.4, -0.2) is 5.71 Å². The molecule has 1 saturated carbocycles. The second kappa shape index (κ2) is 8.93. The lowest BCUT2D eigenvalue weighted by Crippen LogP contribution is -2.07. The van der Waals surface area contributed by atoms with E-state index in [-0.39, 0.29) is 30.1 Å². The van der Waals surface area contributed by atoms with Gasteiger partial charge < -0.3 is 4.84 Å². The minimum Gasteiger partial charge on any atom is -0.391 e. The van der Waals surface area contributed by atoms with E-state index in [0.29, 0.717) is 38.3 Å². The molecule has 2 nitrogen and oxygen atoms in total. The standard InChI is InChI=1S/C23H16Cl3F2NO/c24-15-7-4-14(20(26)10-15)12-30-29-23(13-5-8-16(27)9-6-13)18-11-17(18)22-19(25)2-1-3-21(22)28/h1-10,17-18H,11-12H2/b29-23-/t17-,18-/m0/s1. The first-order valence-electron chi connectivity index (χ1n) is 9.27. The molecule has 3 aromatic carbocycles. The summed E-state index contributed by atoms with van der Waals surface area (Å²) in [4.78, 5) is 5.57. The summed E-state index contributed by atoms with van der Waals surface area (Å²) < 4.78 is 27.8. The van der Waals surface area contributed by atoms with Gasteiger partial charge in [0.1, 0.15) is 18.2 Å². The van der Waals surface area contributed by atoms with E-state index >= 15 is 0 Å². The zero-order valence-corrected chi connectivity index (χ0v) is 17.9. The van der Waals surface area contributed by atoms with Crippen LogP contribution in [0.1, 0.15) is 29.0 Å². The number of hydrogen-bond donors (Lipinski definition) is 0. The Hall–Kier alpha value is -2.14. The number of nitrogens with zero attached hydrogens (tertiary/aromatic N) is 1. The first-order valence-corrected chi connectivity index (χ1v) is 10.4. The SMILES string of the molecule is Fc1ccc(/C(=N/OCc2ccc(Cl)cc2Cl)[C@H]2C[C@@H]2c2c(F)cccc2Cl)cc1. The van der Waals surface area contributed by atoms with Gasteiger partial charge in [-0.1, -0.05) is 64.2 Å². The van der Waals surface area contributed by atoms with Gasteiger partial charge in [-0.2, -0.15) is 0 Å². The summed E-state index contributed by atoms with van der Waals surface area (Å²) in [6, 6.07) is 15.7. The summed E-state index contributed by atoms with van der Waals surface area (Å²) in [5.41, 5.74) is 2.52. The van der Waals surface area contributed by atoms with Crippen LogP contribution in [0.25, 0.3) is 0 Å². The van der Waals surface area contributed by atoms with E-state index < -0.39 is 0 Å². The second-order valence-electron chi connectivity index (χ2n) is 7.08. The third-order valence-electron chi connectivity index (χ3n) is 5.05. The molecule has 0 saturated heterocycles. The summed E-state index contributed by atoms with van der Waals surface area (Å²) in [5, 5.41) is 5.71. The molecule has 0 spiro atoms. The maximum atomic E-state index is 14.4. The maximum absolute atomic E-state index is 14.4. The van der Waals surface area contributed by atoms with Crippen LogP contribution in [0.4, 0.5) is 8.78 Å². The maximum Gasteiger partial charge on any atom is 0.143 e. The van der Waals surface area contributed by atoms with Crippen molar-refractivity contribution in [1.82, 2.24) is 0 Å². The minimum absolute atomic E-state index is 0.0921. The molecule has 1 aliphatic carbocycles. The van der Waals surface area contributed by atoms with E-state index in [9.17, 15) is 8.78 Å². The summed E-state index contributed by atoms with van der Waals surface area (Å²) in [6.07, 6.45) is 0.669. The molecule has 0 radical (unpaired) electrons. The summed E-state index contributed by atoms with van der Waals surface area (Å²) in [5.74, 6) is -0.908. The van der Waals surface area contributed by atoms with Crippen molar-refractivity contribution in [3.63, 3.8) is 0 Å². The van der Waals surface area contributed by atoms with Crippen LogP contribution in [0.3, 0.4) is 0 Å². The average Bonchev–Trinajstić information content (AvgIpc) is 3.47. The Morgan fingerprint density at radius 1 is 0.967 bits per heavy atom. The van der Waals surface area contributed by atoms with Crippen LogP contribution in [0.5, 0.6) is 0 Å². The van der Waals surface area contributed by atoms with E-state index in [2.05, 4.69) is 5.16 Å². The first-order chi connectivity index (χ1) is 14.4. The predicted molar refractivity (Wildman–Crippen MR) is 116 cm³/mol. The van der Waals surface area contributed by atoms with E-state index in [0.717, 1.165) is 5.56 Å². The third kappa shape index (κ3) is 4.61. The van der Waals surface area contributed by atoms with Crippen LogP contribution in [0, 0.1) is 17.6 Å².